The highest BCUT2D eigenvalue weighted by molar-refractivity contribution is 7.26. The molecule has 2 aromatic heterocycles. The zero-order valence-electron chi connectivity index (χ0n) is 22.3. The Morgan fingerprint density at radius 1 is 0.429 bits per heavy atom. The van der Waals surface area contributed by atoms with Gasteiger partial charge in [-0.1, -0.05) is 78.9 Å². The van der Waals surface area contributed by atoms with Crippen molar-refractivity contribution in [1.82, 2.24) is 0 Å². The first kappa shape index (κ1) is 24.5. The molecule has 0 spiro atoms. The summed E-state index contributed by atoms with van der Waals surface area (Å²) < 4.78 is 4.90. The van der Waals surface area contributed by atoms with Crippen LogP contribution in [0.25, 0.3) is 73.7 Å². The molecule has 0 amide bonds. The molecule has 42 heavy (non-hydrogen) atoms. The van der Waals surface area contributed by atoms with Crippen molar-refractivity contribution in [3.63, 3.8) is 0 Å². The monoisotopic (exact) mass is 568 g/mol. The van der Waals surface area contributed by atoms with Crippen LogP contribution in [-0.4, -0.2) is 0 Å². The van der Waals surface area contributed by atoms with Crippen molar-refractivity contribution >= 4 is 63.0 Å². The van der Waals surface area contributed by atoms with Gasteiger partial charge in [-0.3, -0.25) is 0 Å². The van der Waals surface area contributed by atoms with Gasteiger partial charge in [0.25, 0.3) is 0 Å². The van der Waals surface area contributed by atoms with Gasteiger partial charge in [0.2, 0.25) is 0 Å². The highest BCUT2D eigenvalue weighted by atomic mass is 32.1. The van der Waals surface area contributed by atoms with Crippen molar-refractivity contribution in [1.29, 1.82) is 10.5 Å². The minimum Gasteiger partial charge on any atom is -0.192 e. The Morgan fingerprint density at radius 3 is 1.83 bits per heavy atom. The molecule has 0 aliphatic heterocycles. The van der Waals surface area contributed by atoms with E-state index in [1.54, 1.807) is 22.7 Å². The predicted octanol–water partition coefficient (Wildman–Crippen LogP) is 11.2. The van der Waals surface area contributed by atoms with Crippen LogP contribution in [0.2, 0.25) is 0 Å². The number of nitriles is 2. The maximum atomic E-state index is 10.7. The van der Waals surface area contributed by atoms with E-state index in [1.165, 1.54) is 35.6 Å². The average molecular weight is 569 g/mol. The largest absolute Gasteiger partial charge is 0.192 e. The van der Waals surface area contributed by atoms with Gasteiger partial charge in [-0.2, -0.15) is 10.5 Å². The van der Waals surface area contributed by atoms with E-state index in [0.717, 1.165) is 38.1 Å². The maximum absolute atomic E-state index is 10.7. The quantitative estimate of drug-likeness (QED) is 0.213. The molecule has 0 N–H and O–H groups in total. The van der Waals surface area contributed by atoms with Crippen LogP contribution in [0.4, 0.5) is 0 Å². The third kappa shape index (κ3) is 3.75. The van der Waals surface area contributed by atoms with Crippen LogP contribution in [-0.2, 0) is 0 Å². The van der Waals surface area contributed by atoms with Crippen LogP contribution in [0, 0.1) is 22.7 Å². The lowest BCUT2D eigenvalue weighted by Crippen LogP contribution is -1.94. The van der Waals surface area contributed by atoms with Gasteiger partial charge in [-0.25, -0.2) is 0 Å². The standard InChI is InChI=1S/C38H20N2S2/c39-21-24-8-1-2-9-26(24)31-19-25(23-16-17-37-33(18-23)28-11-4-5-14-35(28)41-37)20-32(34(31)22-40)30-13-7-12-29-27-10-3-6-15-36(27)42-38(29)30/h1-20H. The van der Waals surface area contributed by atoms with Crippen LogP contribution >= 0.6 is 22.7 Å². The number of fused-ring (bicyclic) bond motifs is 6. The normalized spacial score (nSPS) is 11.3. The Balaban J connectivity index is 1.46. The Kier molecular flexibility index (Phi) is 5.66. The fourth-order valence-electron chi connectivity index (χ4n) is 6.03. The van der Waals surface area contributed by atoms with Crippen LogP contribution < -0.4 is 0 Å². The molecule has 0 aliphatic carbocycles. The molecule has 0 saturated carbocycles. The van der Waals surface area contributed by atoms with E-state index in [0.29, 0.717) is 11.1 Å². The smallest absolute Gasteiger partial charge is 0.100 e. The van der Waals surface area contributed by atoms with Crippen LogP contribution in [0.1, 0.15) is 11.1 Å². The lowest BCUT2D eigenvalue weighted by atomic mass is 9.86. The summed E-state index contributed by atoms with van der Waals surface area (Å²) in [6.07, 6.45) is 0. The van der Waals surface area contributed by atoms with E-state index in [9.17, 15) is 10.5 Å². The van der Waals surface area contributed by atoms with E-state index < -0.39 is 0 Å². The van der Waals surface area contributed by atoms with E-state index in [1.807, 2.05) is 24.3 Å². The predicted molar refractivity (Wildman–Crippen MR) is 178 cm³/mol. The minimum absolute atomic E-state index is 0.552. The molecule has 8 aromatic rings. The molecule has 6 aromatic carbocycles. The summed E-state index contributed by atoms with van der Waals surface area (Å²) in [7, 11) is 0. The van der Waals surface area contributed by atoms with Gasteiger partial charge in [-0.15, -0.1) is 22.7 Å². The van der Waals surface area contributed by atoms with Crippen molar-refractivity contribution in [3.05, 3.63) is 132 Å². The third-order valence-corrected chi connectivity index (χ3v) is 10.4. The summed E-state index contributed by atoms with van der Waals surface area (Å²) in [5.41, 5.74) is 6.68. The van der Waals surface area contributed by atoms with E-state index in [-0.39, 0.29) is 0 Å². The van der Waals surface area contributed by atoms with E-state index in [4.69, 9.17) is 0 Å². The van der Waals surface area contributed by atoms with Crippen molar-refractivity contribution in [2.75, 3.05) is 0 Å². The summed E-state index contributed by atoms with van der Waals surface area (Å²) in [6.45, 7) is 0. The highest BCUT2D eigenvalue weighted by Crippen LogP contribution is 2.45. The summed E-state index contributed by atoms with van der Waals surface area (Å²) in [5.74, 6) is 0. The summed E-state index contributed by atoms with van der Waals surface area (Å²) in [5, 5.41) is 25.5. The van der Waals surface area contributed by atoms with Crippen molar-refractivity contribution < 1.29 is 0 Å². The van der Waals surface area contributed by atoms with Gasteiger partial charge in [0.05, 0.1) is 17.2 Å². The third-order valence-electron chi connectivity index (χ3n) is 7.99. The van der Waals surface area contributed by atoms with Crippen LogP contribution in [0.5, 0.6) is 0 Å². The Bertz CT molecular complexity index is 2450. The molecule has 0 fully saturated rings. The molecule has 194 valence electrons. The van der Waals surface area contributed by atoms with Gasteiger partial charge in [0.15, 0.2) is 0 Å². The van der Waals surface area contributed by atoms with Gasteiger partial charge in [-0.05, 0) is 53.6 Å². The van der Waals surface area contributed by atoms with Crippen LogP contribution in [0.3, 0.4) is 0 Å². The molecule has 2 heterocycles. The van der Waals surface area contributed by atoms with Gasteiger partial charge in [0, 0.05) is 62.6 Å². The number of thiophene rings is 2. The summed E-state index contributed by atoms with van der Waals surface area (Å²) in [4.78, 5) is 0. The highest BCUT2D eigenvalue weighted by Gasteiger charge is 2.20. The Morgan fingerprint density at radius 2 is 1.05 bits per heavy atom. The summed E-state index contributed by atoms with van der Waals surface area (Å²) in [6, 6.07) is 46.6. The first-order valence-electron chi connectivity index (χ1n) is 13.6. The molecule has 8 rings (SSSR count). The zero-order chi connectivity index (χ0) is 28.2. The van der Waals surface area contributed by atoms with Crippen molar-refractivity contribution in [2.45, 2.75) is 0 Å². The molecule has 0 atom stereocenters. The number of rotatable bonds is 3. The zero-order valence-corrected chi connectivity index (χ0v) is 23.9. The molecule has 0 aliphatic rings. The molecule has 0 radical (unpaired) electrons. The number of benzene rings is 6. The lowest BCUT2D eigenvalue weighted by Gasteiger charge is -2.16. The SMILES string of the molecule is N#Cc1ccccc1-c1cc(-c2ccc3sc4ccccc4c3c2)cc(-c2cccc3c2sc2ccccc23)c1C#N. The maximum Gasteiger partial charge on any atom is 0.100 e. The second-order valence-electron chi connectivity index (χ2n) is 10.3. The Hall–Kier alpha value is -5.26. The Labute approximate surface area is 250 Å². The van der Waals surface area contributed by atoms with Gasteiger partial charge < -0.3 is 0 Å². The fourth-order valence-corrected chi connectivity index (χ4v) is 8.35. The second-order valence-corrected chi connectivity index (χ2v) is 12.4. The lowest BCUT2D eigenvalue weighted by molar-refractivity contribution is 1.45. The van der Waals surface area contributed by atoms with Crippen molar-refractivity contribution in [3.8, 4) is 45.5 Å². The summed E-state index contributed by atoms with van der Waals surface area (Å²) >= 11 is 3.56. The van der Waals surface area contributed by atoms with E-state index >= 15 is 0 Å². The molecule has 0 unspecified atom stereocenters. The molecular formula is C38H20N2S2. The topological polar surface area (TPSA) is 47.6 Å². The first-order chi connectivity index (χ1) is 20.7. The van der Waals surface area contributed by atoms with E-state index in [2.05, 4.69) is 109 Å². The minimum atomic E-state index is 0.552. The molecule has 0 bridgehead atoms. The van der Waals surface area contributed by atoms with Gasteiger partial charge in [0.1, 0.15) is 6.07 Å². The average Bonchev–Trinajstić information content (AvgIpc) is 3.62. The number of hydrogen-bond acceptors (Lipinski definition) is 4. The molecule has 0 saturated heterocycles. The molecule has 4 heteroatoms. The first-order valence-corrected chi connectivity index (χ1v) is 15.3. The molecular weight excluding hydrogens is 549 g/mol. The second kappa shape index (κ2) is 9.68. The van der Waals surface area contributed by atoms with Crippen LogP contribution in [0.15, 0.2) is 121 Å². The fraction of sp³-hybridized carbons (Fsp3) is 0. The number of nitrogens with zero attached hydrogens (tertiary/aromatic N) is 2. The van der Waals surface area contributed by atoms with Crippen molar-refractivity contribution in [2.24, 2.45) is 0 Å². The number of hydrogen-bond donors (Lipinski definition) is 0. The molecule has 2 nitrogen and oxygen atoms in total. The van der Waals surface area contributed by atoms with Gasteiger partial charge >= 0.3 is 0 Å².